The number of benzene rings is 1. The molecule has 1 aromatic carbocycles. The highest BCUT2D eigenvalue weighted by atomic mass is 32.2. The van der Waals surface area contributed by atoms with Gasteiger partial charge in [-0.2, -0.15) is 0 Å². The van der Waals surface area contributed by atoms with Gasteiger partial charge in [-0.3, -0.25) is 0 Å². The summed E-state index contributed by atoms with van der Waals surface area (Å²) in [5.41, 5.74) is -0.326. The number of nitrogens with zero attached hydrogens (tertiary/aromatic N) is 1. The van der Waals surface area contributed by atoms with Crippen LogP contribution in [-0.4, -0.2) is 22.6 Å². The van der Waals surface area contributed by atoms with E-state index in [4.69, 9.17) is 4.74 Å². The zero-order chi connectivity index (χ0) is 13.9. The molecule has 0 aromatic heterocycles. The van der Waals surface area contributed by atoms with Crippen molar-refractivity contribution in [2.75, 3.05) is 7.11 Å². The van der Waals surface area contributed by atoms with Crippen LogP contribution in [0.25, 0.3) is 0 Å². The van der Waals surface area contributed by atoms with Crippen LogP contribution in [-0.2, 0) is 11.4 Å². The lowest BCUT2D eigenvalue weighted by Crippen LogP contribution is -2.25. The summed E-state index contributed by atoms with van der Waals surface area (Å²) in [7, 11) is 1.32. The topological polar surface area (TPSA) is 44.6 Å². The van der Waals surface area contributed by atoms with Crippen LogP contribution in [0.1, 0.15) is 26.3 Å². The van der Waals surface area contributed by atoms with E-state index in [1.165, 1.54) is 7.11 Å². The van der Waals surface area contributed by atoms with E-state index in [0.717, 1.165) is 18.3 Å². The molecule has 0 aliphatic rings. The average molecular weight is 275 g/mol. The van der Waals surface area contributed by atoms with Gasteiger partial charge >= 0.3 is 0 Å². The first kappa shape index (κ1) is 14.9. The van der Waals surface area contributed by atoms with Gasteiger partial charge in [-0.05, 0) is 20.8 Å². The maximum absolute atomic E-state index is 13.5. The van der Waals surface area contributed by atoms with Gasteiger partial charge in [0, 0.05) is 12.1 Å². The molecule has 0 aliphatic heterocycles. The minimum atomic E-state index is -1.56. The fourth-order valence-electron chi connectivity index (χ4n) is 1.06. The van der Waals surface area contributed by atoms with Crippen molar-refractivity contribution in [3.05, 3.63) is 29.3 Å². The smallest absolute Gasteiger partial charge is 0.144 e. The molecule has 1 rings (SSSR count). The van der Waals surface area contributed by atoms with Gasteiger partial charge in [0.2, 0.25) is 0 Å². The minimum Gasteiger partial charge on any atom is -0.591 e. The van der Waals surface area contributed by atoms with Gasteiger partial charge in [0.15, 0.2) is 0 Å². The summed E-state index contributed by atoms with van der Waals surface area (Å²) in [6.45, 7) is 5.17. The van der Waals surface area contributed by atoms with Gasteiger partial charge in [0.05, 0.1) is 18.9 Å². The molecule has 1 unspecified atom stereocenters. The third-order valence-electron chi connectivity index (χ3n) is 2.09. The Morgan fingerprint density at radius 3 is 2.17 bits per heavy atom. The van der Waals surface area contributed by atoms with Crippen LogP contribution in [0.5, 0.6) is 5.75 Å². The molecule has 0 bridgehead atoms. The van der Waals surface area contributed by atoms with Crippen LogP contribution < -0.4 is 4.74 Å². The molecule has 0 saturated carbocycles. The van der Waals surface area contributed by atoms with E-state index in [-0.39, 0.29) is 11.3 Å². The summed E-state index contributed by atoms with van der Waals surface area (Å²) < 4.78 is 46.5. The van der Waals surface area contributed by atoms with Crippen LogP contribution in [0, 0.1) is 11.6 Å². The van der Waals surface area contributed by atoms with Crippen molar-refractivity contribution in [1.29, 1.82) is 0 Å². The molecule has 0 saturated heterocycles. The number of halogens is 2. The van der Waals surface area contributed by atoms with Gasteiger partial charge in [0.25, 0.3) is 0 Å². The third-order valence-corrected chi connectivity index (χ3v) is 3.43. The zero-order valence-corrected chi connectivity index (χ0v) is 11.5. The van der Waals surface area contributed by atoms with Crippen molar-refractivity contribution in [3.63, 3.8) is 0 Å². The highest BCUT2D eigenvalue weighted by Crippen LogP contribution is 2.21. The molecule has 0 fully saturated rings. The Morgan fingerprint density at radius 2 is 1.78 bits per heavy atom. The third kappa shape index (κ3) is 3.68. The van der Waals surface area contributed by atoms with Crippen molar-refractivity contribution in [1.82, 2.24) is 0 Å². The van der Waals surface area contributed by atoms with E-state index in [9.17, 15) is 13.3 Å². The summed E-state index contributed by atoms with van der Waals surface area (Å²) in [6, 6.07) is 2.09. The van der Waals surface area contributed by atoms with E-state index in [1.807, 2.05) is 0 Å². The normalized spacial score (nSPS) is 13.9. The fourth-order valence-corrected chi connectivity index (χ4v) is 1.58. The summed E-state index contributed by atoms with van der Waals surface area (Å²) in [5.74, 6) is -1.53. The molecular formula is C12H15F2NO2S. The van der Waals surface area contributed by atoms with E-state index in [1.54, 1.807) is 20.8 Å². The number of hydrogen-bond donors (Lipinski definition) is 0. The Kier molecular flexibility index (Phi) is 4.70. The second kappa shape index (κ2) is 5.67. The first-order valence-electron chi connectivity index (χ1n) is 5.25. The first-order valence-corrected chi connectivity index (χ1v) is 6.35. The first-order chi connectivity index (χ1) is 8.25. The molecular weight excluding hydrogens is 260 g/mol. The highest BCUT2D eigenvalue weighted by molar-refractivity contribution is 7.91. The lowest BCUT2D eigenvalue weighted by atomic mass is 10.2. The van der Waals surface area contributed by atoms with Crippen molar-refractivity contribution in [2.45, 2.75) is 25.5 Å². The SMILES string of the molecule is COc1cc(F)c(/C=N/[S+]([O-])C(C)(C)C)c(F)c1. The van der Waals surface area contributed by atoms with Gasteiger partial charge in [-0.15, -0.1) is 0 Å². The van der Waals surface area contributed by atoms with Crippen molar-refractivity contribution < 1.29 is 18.1 Å². The molecule has 100 valence electrons. The van der Waals surface area contributed by atoms with Gasteiger partial charge in [0.1, 0.15) is 33.5 Å². The predicted molar refractivity (Wildman–Crippen MR) is 68.4 cm³/mol. The second-order valence-electron chi connectivity index (χ2n) is 4.60. The Hall–Kier alpha value is -1.14. The van der Waals surface area contributed by atoms with E-state index < -0.39 is 27.7 Å². The molecule has 1 aromatic rings. The second-order valence-corrected chi connectivity index (χ2v) is 6.53. The summed E-state index contributed by atoms with van der Waals surface area (Å²) in [5, 5.41) is 0. The van der Waals surface area contributed by atoms with Gasteiger partial charge in [-0.25, -0.2) is 8.78 Å². The Bertz CT molecular complexity index is 435. The lowest BCUT2D eigenvalue weighted by Gasteiger charge is -2.17. The van der Waals surface area contributed by atoms with Gasteiger partial charge < -0.3 is 9.29 Å². The largest absolute Gasteiger partial charge is 0.591 e. The minimum absolute atomic E-state index is 0.0825. The zero-order valence-electron chi connectivity index (χ0n) is 10.7. The average Bonchev–Trinajstić information content (AvgIpc) is 2.25. The van der Waals surface area contributed by atoms with E-state index >= 15 is 0 Å². The maximum Gasteiger partial charge on any atom is 0.144 e. The number of methoxy groups -OCH3 is 1. The Labute approximate surface area is 108 Å². The summed E-state index contributed by atoms with van der Waals surface area (Å²) >= 11 is -1.56. The fraction of sp³-hybridized carbons (Fsp3) is 0.417. The molecule has 0 aliphatic carbocycles. The Morgan fingerprint density at radius 1 is 1.28 bits per heavy atom. The maximum atomic E-state index is 13.5. The van der Waals surface area contributed by atoms with Crippen LogP contribution >= 0.6 is 0 Å². The van der Waals surface area contributed by atoms with Crippen LogP contribution in [0.2, 0.25) is 0 Å². The molecule has 3 nitrogen and oxygen atoms in total. The molecule has 0 spiro atoms. The molecule has 0 heterocycles. The molecule has 18 heavy (non-hydrogen) atoms. The van der Waals surface area contributed by atoms with Crippen LogP contribution in [0.4, 0.5) is 8.78 Å². The standard InChI is InChI=1S/C12H15F2NO2S/c1-12(2,3)18(16)15-7-9-10(13)5-8(17-4)6-11(9)14/h5-7H,1-4H3/b15-7+. The molecule has 0 radical (unpaired) electrons. The van der Waals surface area contributed by atoms with E-state index in [0.29, 0.717) is 0 Å². The van der Waals surface area contributed by atoms with Crippen LogP contribution in [0.3, 0.4) is 0 Å². The number of hydrogen-bond acceptors (Lipinski definition) is 3. The molecule has 0 amide bonds. The molecule has 0 N–H and O–H groups in total. The number of rotatable bonds is 3. The monoisotopic (exact) mass is 275 g/mol. The van der Waals surface area contributed by atoms with Crippen molar-refractivity contribution in [2.24, 2.45) is 4.40 Å². The number of ether oxygens (including phenoxy) is 1. The van der Waals surface area contributed by atoms with E-state index in [2.05, 4.69) is 4.40 Å². The Balaban J connectivity index is 3.02. The van der Waals surface area contributed by atoms with Crippen molar-refractivity contribution >= 4 is 17.6 Å². The van der Waals surface area contributed by atoms with Crippen LogP contribution in [0.15, 0.2) is 16.5 Å². The van der Waals surface area contributed by atoms with Gasteiger partial charge in [-0.1, -0.05) is 4.40 Å². The summed E-state index contributed by atoms with van der Waals surface area (Å²) in [4.78, 5) is 0. The lowest BCUT2D eigenvalue weighted by molar-refractivity contribution is 0.406. The molecule has 6 heteroatoms. The quantitative estimate of drug-likeness (QED) is 0.629. The molecule has 1 atom stereocenters. The predicted octanol–water partition coefficient (Wildman–Crippen LogP) is 2.85. The summed E-state index contributed by atoms with van der Waals surface area (Å²) in [6.07, 6.45) is 0.950. The highest BCUT2D eigenvalue weighted by Gasteiger charge is 2.26. The van der Waals surface area contributed by atoms with Crippen molar-refractivity contribution in [3.8, 4) is 5.75 Å².